The molecule has 0 unspecified atom stereocenters. The van der Waals surface area contributed by atoms with E-state index >= 15 is 0 Å². The number of amides is 2. The van der Waals surface area contributed by atoms with Crippen molar-refractivity contribution in [2.45, 2.75) is 39.2 Å². The van der Waals surface area contributed by atoms with Crippen molar-refractivity contribution < 1.29 is 14.0 Å². The molecule has 0 bridgehead atoms. The first-order chi connectivity index (χ1) is 15.6. The van der Waals surface area contributed by atoms with Crippen LogP contribution in [0.15, 0.2) is 50.5 Å². The number of furan rings is 1. The largest absolute Gasteiger partial charge is 0.467 e. The number of nitrogens with one attached hydrogen (secondary N) is 1. The van der Waals surface area contributed by atoms with Gasteiger partial charge in [0.2, 0.25) is 0 Å². The topological polar surface area (TPSA) is 74.9 Å². The second kappa shape index (κ2) is 8.67. The van der Waals surface area contributed by atoms with Crippen molar-refractivity contribution >= 4 is 55.5 Å². The fourth-order valence-corrected chi connectivity index (χ4v) is 5.97. The van der Waals surface area contributed by atoms with Gasteiger partial charge in [0.15, 0.2) is 0 Å². The second-order valence-corrected chi connectivity index (χ2v) is 9.82. The van der Waals surface area contributed by atoms with Crippen molar-refractivity contribution in [2.24, 2.45) is 4.99 Å². The molecule has 1 N–H and O–H groups in total. The summed E-state index contributed by atoms with van der Waals surface area (Å²) in [5.41, 5.74) is 3.71. The van der Waals surface area contributed by atoms with E-state index < -0.39 is 0 Å². The van der Waals surface area contributed by atoms with Gasteiger partial charge < -0.3 is 14.6 Å². The van der Waals surface area contributed by atoms with Crippen molar-refractivity contribution in [3.8, 4) is 0 Å². The Morgan fingerprint density at radius 1 is 1.28 bits per heavy atom. The van der Waals surface area contributed by atoms with E-state index in [-0.39, 0.29) is 11.8 Å². The van der Waals surface area contributed by atoms with Gasteiger partial charge in [0, 0.05) is 21.5 Å². The highest BCUT2D eigenvalue weighted by Crippen LogP contribution is 2.41. The molecule has 2 aliphatic rings. The van der Waals surface area contributed by atoms with Gasteiger partial charge in [-0.25, -0.2) is 4.99 Å². The molecule has 0 radical (unpaired) electrons. The summed E-state index contributed by atoms with van der Waals surface area (Å²) in [7, 11) is 0. The van der Waals surface area contributed by atoms with Crippen molar-refractivity contribution in [3.05, 3.63) is 68.4 Å². The van der Waals surface area contributed by atoms with Crippen LogP contribution in [0.4, 0.5) is 10.7 Å². The number of likely N-dealkylation sites (N-methyl/N-ethyl adjacent to an activating group) is 1. The fourth-order valence-electron chi connectivity index (χ4n) is 4.34. The normalized spacial score (nSPS) is 16.4. The molecule has 0 saturated carbocycles. The molecule has 0 atom stereocenters. The molecule has 32 heavy (non-hydrogen) atoms. The van der Waals surface area contributed by atoms with Crippen LogP contribution in [-0.4, -0.2) is 24.1 Å². The summed E-state index contributed by atoms with van der Waals surface area (Å²) in [6.45, 7) is 2.82. The summed E-state index contributed by atoms with van der Waals surface area (Å²) >= 11 is 5.04. The summed E-state index contributed by atoms with van der Waals surface area (Å²) in [6, 6.07) is 9.41. The maximum absolute atomic E-state index is 13.3. The van der Waals surface area contributed by atoms with Crippen LogP contribution in [0.5, 0.6) is 0 Å². The van der Waals surface area contributed by atoms with Crippen LogP contribution >= 0.6 is 27.3 Å². The number of carbonyl (C=O) groups is 2. The molecule has 2 aromatic heterocycles. The zero-order chi connectivity index (χ0) is 22.2. The van der Waals surface area contributed by atoms with E-state index in [1.54, 1.807) is 17.2 Å². The molecular formula is C24H22BrN3O3S. The van der Waals surface area contributed by atoms with Gasteiger partial charge in [-0.1, -0.05) is 15.9 Å². The third kappa shape index (κ3) is 3.71. The van der Waals surface area contributed by atoms with Crippen LogP contribution in [0.2, 0.25) is 0 Å². The lowest BCUT2D eigenvalue weighted by atomic mass is 9.95. The Balaban J connectivity index is 1.57. The summed E-state index contributed by atoms with van der Waals surface area (Å²) in [5, 5.41) is 3.58. The molecule has 0 spiro atoms. The number of anilines is 1. The zero-order valence-corrected chi connectivity index (χ0v) is 20.0. The van der Waals surface area contributed by atoms with Crippen molar-refractivity contribution in [1.29, 1.82) is 0 Å². The number of fused-ring (bicyclic) bond motifs is 2. The number of aryl methyl sites for hydroxylation is 1. The quantitative estimate of drug-likeness (QED) is 0.498. The molecule has 0 saturated heterocycles. The van der Waals surface area contributed by atoms with Gasteiger partial charge >= 0.3 is 0 Å². The van der Waals surface area contributed by atoms with E-state index in [0.29, 0.717) is 35.1 Å². The molecular weight excluding hydrogens is 490 g/mol. The first-order valence-electron chi connectivity index (χ1n) is 10.7. The molecule has 1 aliphatic heterocycles. The number of nitrogens with zero attached hydrogens (tertiary/aromatic N) is 2. The standard InChI is InChI=1S/C24H22BrN3O3S/c1-2-28-18-10-9-14(25)12-17(18)21(24(28)30)27-23-20(16-7-3-4-8-19(16)32-23)22(29)26-13-15-6-5-11-31-15/h5-6,9-12H,2-4,7-8,13H2,1H3,(H,26,29). The van der Waals surface area contributed by atoms with Crippen LogP contribution in [0.1, 0.15) is 51.9 Å². The molecule has 3 heterocycles. The maximum atomic E-state index is 13.3. The molecule has 164 valence electrons. The Hall–Kier alpha value is -2.71. The van der Waals surface area contributed by atoms with E-state index in [0.717, 1.165) is 47.0 Å². The molecule has 1 aliphatic carbocycles. The highest BCUT2D eigenvalue weighted by Gasteiger charge is 2.34. The van der Waals surface area contributed by atoms with Gasteiger partial charge in [-0.3, -0.25) is 9.59 Å². The number of hydrogen-bond acceptors (Lipinski definition) is 5. The molecule has 1 aromatic carbocycles. The van der Waals surface area contributed by atoms with Gasteiger partial charge in [0.1, 0.15) is 16.5 Å². The fraction of sp³-hybridized carbons (Fsp3) is 0.292. The molecule has 2 amide bonds. The van der Waals surface area contributed by atoms with Gasteiger partial charge in [0.25, 0.3) is 11.8 Å². The predicted molar refractivity (Wildman–Crippen MR) is 129 cm³/mol. The molecule has 3 aromatic rings. The number of benzene rings is 1. The second-order valence-electron chi connectivity index (χ2n) is 7.82. The van der Waals surface area contributed by atoms with E-state index in [1.807, 2.05) is 31.2 Å². The van der Waals surface area contributed by atoms with E-state index in [2.05, 4.69) is 21.2 Å². The first-order valence-corrected chi connectivity index (χ1v) is 12.3. The third-order valence-corrected chi connectivity index (χ3v) is 7.54. The van der Waals surface area contributed by atoms with Gasteiger partial charge in [0.05, 0.1) is 24.1 Å². The minimum Gasteiger partial charge on any atom is -0.467 e. The molecule has 6 nitrogen and oxygen atoms in total. The van der Waals surface area contributed by atoms with Crippen LogP contribution in [0.3, 0.4) is 0 Å². The van der Waals surface area contributed by atoms with Gasteiger partial charge in [-0.2, -0.15) is 0 Å². The lowest BCUT2D eigenvalue weighted by Crippen LogP contribution is -2.29. The summed E-state index contributed by atoms with van der Waals surface area (Å²) < 4.78 is 6.23. The average Bonchev–Trinajstić information content (AvgIpc) is 3.49. The first kappa shape index (κ1) is 21.2. The summed E-state index contributed by atoms with van der Waals surface area (Å²) in [5.74, 6) is 0.389. The van der Waals surface area contributed by atoms with Crippen molar-refractivity contribution in [2.75, 3.05) is 11.4 Å². The number of halogens is 1. The zero-order valence-electron chi connectivity index (χ0n) is 17.6. The lowest BCUT2D eigenvalue weighted by molar-refractivity contribution is -0.112. The van der Waals surface area contributed by atoms with Crippen LogP contribution in [0, 0.1) is 0 Å². The van der Waals surface area contributed by atoms with E-state index in [9.17, 15) is 9.59 Å². The Morgan fingerprint density at radius 2 is 2.12 bits per heavy atom. The van der Waals surface area contributed by atoms with Gasteiger partial charge in [-0.15, -0.1) is 11.3 Å². The minimum absolute atomic E-state index is 0.131. The maximum Gasteiger partial charge on any atom is 0.277 e. The Bertz CT molecular complexity index is 1230. The van der Waals surface area contributed by atoms with Crippen LogP contribution < -0.4 is 10.2 Å². The Kier molecular flexibility index (Phi) is 5.73. The Morgan fingerprint density at radius 3 is 2.91 bits per heavy atom. The smallest absolute Gasteiger partial charge is 0.277 e. The predicted octanol–water partition coefficient (Wildman–Crippen LogP) is 5.40. The number of carbonyl (C=O) groups excluding carboxylic acids is 2. The van der Waals surface area contributed by atoms with Crippen molar-refractivity contribution in [3.63, 3.8) is 0 Å². The number of hydrogen-bond donors (Lipinski definition) is 1. The highest BCUT2D eigenvalue weighted by atomic mass is 79.9. The summed E-state index contributed by atoms with van der Waals surface area (Å²) in [6.07, 6.45) is 5.55. The van der Waals surface area contributed by atoms with Crippen LogP contribution in [-0.2, 0) is 24.2 Å². The molecule has 0 fully saturated rings. The Labute approximate surface area is 198 Å². The highest BCUT2D eigenvalue weighted by molar-refractivity contribution is 9.10. The number of thiophene rings is 1. The average molecular weight is 512 g/mol. The third-order valence-electron chi connectivity index (χ3n) is 5.86. The van der Waals surface area contributed by atoms with Gasteiger partial charge in [-0.05, 0) is 68.5 Å². The lowest BCUT2D eigenvalue weighted by Gasteiger charge is -2.13. The monoisotopic (exact) mass is 511 g/mol. The van der Waals surface area contributed by atoms with Crippen LogP contribution in [0.25, 0.3) is 0 Å². The number of aliphatic imine (C=N–C) groups is 1. The minimum atomic E-state index is -0.174. The van der Waals surface area contributed by atoms with Crippen molar-refractivity contribution in [1.82, 2.24) is 5.32 Å². The molecule has 5 rings (SSSR count). The van der Waals surface area contributed by atoms with E-state index in [4.69, 9.17) is 9.41 Å². The summed E-state index contributed by atoms with van der Waals surface area (Å²) in [4.78, 5) is 34.2. The van der Waals surface area contributed by atoms with E-state index in [1.165, 1.54) is 16.2 Å². The number of rotatable bonds is 5. The SMILES string of the molecule is CCN1C(=O)C(=Nc2sc3c(c2C(=O)NCc2ccco2)CCCC3)c2cc(Br)ccc21. The molecule has 8 heteroatoms.